The number of phenolic OH excluding ortho intramolecular Hbond substituents is 2. The Morgan fingerprint density at radius 3 is 1.88 bits per heavy atom. The van der Waals surface area contributed by atoms with Gasteiger partial charge >= 0.3 is 13.6 Å². The molecule has 0 spiro atoms. The summed E-state index contributed by atoms with van der Waals surface area (Å²) in [6.45, 7) is 2.95. The largest absolute Gasteiger partial charge is 0.508 e. The van der Waals surface area contributed by atoms with Crippen LogP contribution in [0, 0.1) is 5.92 Å². The minimum atomic E-state index is -4.80. The fraction of sp³-hybridized carbons (Fsp3) is 0.321. The molecule has 0 saturated heterocycles. The minimum absolute atomic E-state index is 0.0571. The molecule has 7 amide bonds. The molecular weight excluding hydrogens is 1220 g/mol. The van der Waals surface area contributed by atoms with Crippen LogP contribution < -0.4 is 57.7 Å². The van der Waals surface area contributed by atoms with Crippen molar-refractivity contribution >= 4 is 78.1 Å². The lowest BCUT2D eigenvalue weighted by atomic mass is 9.88. The Labute approximate surface area is 508 Å². The van der Waals surface area contributed by atoms with Gasteiger partial charge in [0.05, 0.1) is 28.8 Å². The number of fused-ring (bicyclic) bond motifs is 12. The molecule has 0 aromatic heterocycles. The fourth-order valence-corrected chi connectivity index (χ4v) is 11.6. The van der Waals surface area contributed by atoms with Crippen LogP contribution in [0.15, 0.2) is 72.8 Å². The molecule has 0 saturated carbocycles. The van der Waals surface area contributed by atoms with E-state index in [4.69, 9.17) is 38.4 Å². The monoisotopic (exact) mass is 1280 g/mol. The van der Waals surface area contributed by atoms with Gasteiger partial charge in [-0.3, -0.25) is 38.1 Å². The number of nitrogens with two attached hydrogens (primary N) is 1. The number of benzene rings is 5. The molecule has 11 bridgehead atoms. The highest BCUT2D eigenvalue weighted by Gasteiger charge is 2.48. The van der Waals surface area contributed by atoms with Crippen molar-refractivity contribution in [3.05, 3.63) is 127 Å². The third-order valence-corrected chi connectivity index (χ3v) is 16.2. The average Bonchev–Trinajstić information content (AvgIpc) is 1.61. The molecule has 11 rings (SSSR count). The number of ether oxygens (including phenoxy) is 2. The third-order valence-electron chi connectivity index (χ3n) is 15.0. The van der Waals surface area contributed by atoms with Gasteiger partial charge in [0.1, 0.15) is 59.7 Å². The summed E-state index contributed by atoms with van der Waals surface area (Å²) in [5.41, 5.74) is 1.81. The molecule has 6 aliphatic rings. The lowest BCUT2D eigenvalue weighted by Gasteiger charge is -2.31. The Kier molecular flexibility index (Phi) is 18.2. The molecule has 29 nitrogen and oxygen atoms in total. The molecule has 5 aromatic carbocycles. The summed E-state index contributed by atoms with van der Waals surface area (Å²) in [6, 6.07) is -0.794. The van der Waals surface area contributed by atoms with E-state index in [9.17, 15) is 78.9 Å². The van der Waals surface area contributed by atoms with Gasteiger partial charge in [0.25, 0.3) is 0 Å². The first-order valence-electron chi connectivity index (χ1n) is 26.8. The molecule has 19 N–H and O–H groups in total. The number of carbonyl (C=O) groups is 8. The summed E-state index contributed by atoms with van der Waals surface area (Å²) < 4.78 is 24.2. The average molecular weight is 1280 g/mol. The zero-order valence-electron chi connectivity index (χ0n) is 46.3. The number of rotatable bonds is 12. The second-order valence-electron chi connectivity index (χ2n) is 21.6. The number of aliphatic carboxylic acids is 1. The molecule has 32 heteroatoms. The highest BCUT2D eigenvalue weighted by molar-refractivity contribution is 7.51. The van der Waals surface area contributed by atoms with Crippen molar-refractivity contribution < 1.29 is 97.9 Å². The smallest absolute Gasteiger partial charge is 0.339 e. The molecule has 0 unspecified atom stereocenters. The number of aliphatic hydroxyl groups is 4. The first-order valence-corrected chi connectivity index (χ1v) is 29.3. The molecule has 0 radical (unpaired) electrons. The number of aromatic hydroxyl groups is 2. The van der Waals surface area contributed by atoms with E-state index in [0.29, 0.717) is 0 Å². The molecule has 9 atom stereocenters. The van der Waals surface area contributed by atoms with Crippen molar-refractivity contribution in [3.63, 3.8) is 0 Å². The maximum absolute atomic E-state index is 15.6. The van der Waals surface area contributed by atoms with Gasteiger partial charge in [-0.25, -0.2) is 4.79 Å². The van der Waals surface area contributed by atoms with Crippen LogP contribution >= 0.6 is 30.8 Å². The van der Waals surface area contributed by atoms with Crippen LogP contribution in [0.4, 0.5) is 0 Å². The molecule has 5 aromatic rings. The van der Waals surface area contributed by atoms with Gasteiger partial charge < -0.3 is 103 Å². The van der Waals surface area contributed by atoms with Gasteiger partial charge in [-0.05, 0) is 107 Å². The summed E-state index contributed by atoms with van der Waals surface area (Å²) >= 11 is 13.6. The van der Waals surface area contributed by atoms with Crippen LogP contribution in [0.2, 0.25) is 10.0 Å². The first kappa shape index (κ1) is 64.0. The summed E-state index contributed by atoms with van der Waals surface area (Å²) in [6.07, 6.45) is -5.92. The molecule has 5 heterocycles. The Morgan fingerprint density at radius 1 is 0.727 bits per heavy atom. The van der Waals surface area contributed by atoms with Crippen molar-refractivity contribution in [1.82, 2.24) is 42.5 Å². The molecular formula is C56H58Cl2N9O20P. The maximum Gasteiger partial charge on any atom is 0.339 e. The fourth-order valence-electron chi connectivity index (χ4n) is 10.8. The third kappa shape index (κ3) is 12.9. The second-order valence-corrected chi connectivity index (χ2v) is 24.1. The number of likely N-dealkylation sites (N-methyl/N-ethyl adjacent to an activating group) is 1. The van der Waals surface area contributed by atoms with E-state index in [1.165, 1.54) is 19.2 Å². The molecule has 1 aliphatic carbocycles. The predicted molar refractivity (Wildman–Crippen MR) is 306 cm³/mol. The Bertz CT molecular complexity index is 3790. The van der Waals surface area contributed by atoms with Crippen LogP contribution in [0.25, 0.3) is 11.1 Å². The van der Waals surface area contributed by atoms with Gasteiger partial charge in [0.2, 0.25) is 52.9 Å². The SMILES string of the molecule is CN[C@H](CC(C)C)C(=O)N[C@H]1C(=O)N[C@@H](CC(N)=O)C(=O)N[C@H]2C(=O)N[C@H]3C(=O)N[C@H](C(=O)N[C@H](C(=O)O)c4cc(O)c(CNCP(=O)(O)O)c5c4-c4cc3ccc4C5(O)O)[C@H](O)c3ccc(c(Cl)c3)Oc3cc2cc(c3O)Oc2ccc(cc2Cl)[C@H]1O. The number of halogens is 2. The van der Waals surface area contributed by atoms with Crippen molar-refractivity contribution in [3.8, 4) is 45.6 Å². The molecule has 88 heavy (non-hydrogen) atoms. The minimum Gasteiger partial charge on any atom is -0.508 e. The van der Waals surface area contributed by atoms with E-state index in [-0.39, 0.29) is 61.7 Å². The number of carboxylic acid groups (broad SMARTS) is 1. The highest BCUT2D eigenvalue weighted by atomic mass is 35.5. The predicted octanol–water partition coefficient (Wildman–Crippen LogP) is 0.708. The highest BCUT2D eigenvalue weighted by Crippen LogP contribution is 2.54. The molecule has 5 aliphatic heterocycles. The number of hydrogen-bond donors (Lipinski definition) is 18. The lowest BCUT2D eigenvalue weighted by molar-refractivity contribution is -0.143. The molecule has 0 fully saturated rings. The van der Waals surface area contributed by atoms with Gasteiger partial charge in [0, 0.05) is 23.2 Å². The van der Waals surface area contributed by atoms with Crippen LogP contribution in [0.3, 0.4) is 0 Å². The standard InChI is InChI=1S/C56H58Cl2N9O20P/c1-20(2)10-31(60-3)49(73)66-44-46(70)22-5-8-34(29(57)12-22)86-36-14-24-15-37(48(36)72)87-35-9-6-23(13-30(35)58)47(71)45-54(78)65-43(55(79)80)26-16-33(68)27(18-61-19-88(83,84)85)40-39(26)25-11-21(4-7-28(25)56(40,81)82)41(51(75)67-45)64-52(76)42(24)63-50(74)32(17-38(59)69)62-53(44)77/h4-9,11-16,20,31-32,41-47,60-61,68,70-72,81-82H,10,17-19H2,1-3H3,(H2,59,69)(H,62,77)(H,63,74)(H,64,76)(H,65,78)(H,66,73)(H,67,75)(H,79,80)(H2,83,84,85)/t31-,32+,41-,42-,43+,44-,45+,46-,47-/m1/s1. The van der Waals surface area contributed by atoms with E-state index in [1.807, 2.05) is 13.8 Å². The van der Waals surface area contributed by atoms with Crippen molar-refractivity contribution in [2.75, 3.05) is 13.3 Å². The number of amides is 7. The van der Waals surface area contributed by atoms with Crippen LogP contribution in [0.5, 0.6) is 34.5 Å². The first-order chi connectivity index (χ1) is 41.4. The van der Waals surface area contributed by atoms with Crippen molar-refractivity contribution in [2.45, 2.75) is 93.5 Å². The van der Waals surface area contributed by atoms with E-state index in [0.717, 1.165) is 60.7 Å². The zero-order chi connectivity index (χ0) is 64.2. The Hall–Kier alpha value is -8.45. The van der Waals surface area contributed by atoms with Gasteiger partial charge in [-0.2, -0.15) is 0 Å². The van der Waals surface area contributed by atoms with Crippen LogP contribution in [0.1, 0.15) is 102 Å². The Morgan fingerprint density at radius 2 is 1.31 bits per heavy atom. The van der Waals surface area contributed by atoms with E-state index < -0.39 is 185 Å². The number of aliphatic hydroxyl groups excluding tert-OH is 2. The summed E-state index contributed by atoms with van der Waals surface area (Å²) in [5.74, 6) is -17.3. The van der Waals surface area contributed by atoms with E-state index in [2.05, 4.69) is 42.5 Å². The van der Waals surface area contributed by atoms with Gasteiger partial charge in [0.15, 0.2) is 17.5 Å². The molecule has 466 valence electrons. The number of carboxylic acids is 1. The number of phenols is 2. The number of nitrogens with one attached hydrogen (secondary N) is 8. The van der Waals surface area contributed by atoms with Gasteiger partial charge in [-0.15, -0.1) is 0 Å². The van der Waals surface area contributed by atoms with Crippen LogP contribution in [-0.4, -0.2) is 130 Å². The summed E-state index contributed by atoms with van der Waals surface area (Å²) in [5, 5.41) is 101. The lowest BCUT2D eigenvalue weighted by Crippen LogP contribution is -2.59. The number of hydrogen-bond acceptors (Lipinski definition) is 19. The second kappa shape index (κ2) is 25.0. The van der Waals surface area contributed by atoms with E-state index in [1.54, 1.807) is 0 Å². The van der Waals surface area contributed by atoms with Crippen molar-refractivity contribution in [2.24, 2.45) is 11.7 Å². The summed E-state index contributed by atoms with van der Waals surface area (Å²) in [4.78, 5) is 134. The number of primary amides is 1. The normalized spacial score (nSPS) is 22.7. The quantitative estimate of drug-likeness (QED) is 0.0604. The van der Waals surface area contributed by atoms with Crippen LogP contribution in [-0.2, 0) is 55.3 Å². The maximum atomic E-state index is 15.6. The number of carbonyl (C=O) groups excluding carboxylic acids is 7. The Balaban J connectivity index is 1.27. The summed E-state index contributed by atoms with van der Waals surface area (Å²) in [7, 11) is -3.31. The van der Waals surface area contributed by atoms with Crippen molar-refractivity contribution in [1.29, 1.82) is 0 Å². The topological polar surface area (TPSA) is 476 Å². The van der Waals surface area contributed by atoms with E-state index >= 15 is 9.59 Å². The van der Waals surface area contributed by atoms with Gasteiger partial charge in [-0.1, -0.05) is 61.3 Å². The zero-order valence-corrected chi connectivity index (χ0v) is 48.7.